The normalized spacial score (nSPS) is 14.9. The van der Waals surface area contributed by atoms with E-state index in [2.05, 4.69) is 10.6 Å². The summed E-state index contributed by atoms with van der Waals surface area (Å²) in [6, 6.07) is 5.67. The molecule has 164 valence electrons. The second kappa shape index (κ2) is 12.0. The molecule has 0 saturated carbocycles. The number of rotatable bonds is 7. The quantitative estimate of drug-likeness (QED) is 0.241. The number of amides is 3. The third-order valence-electron chi connectivity index (χ3n) is 3.92. The lowest BCUT2D eigenvalue weighted by atomic mass is 10.2. The number of carbonyl (C=O) groups is 4. The molecule has 1 aliphatic heterocycles. The number of nitrogens with zero attached hydrogens (tertiary/aromatic N) is 1. The van der Waals surface area contributed by atoms with E-state index in [1.54, 1.807) is 36.1 Å². The Morgan fingerprint density at radius 1 is 1.30 bits per heavy atom. The number of anilines is 1. The predicted molar refractivity (Wildman–Crippen MR) is 109 cm³/mol. The van der Waals surface area contributed by atoms with Gasteiger partial charge in [-0.15, -0.1) is 0 Å². The first-order chi connectivity index (χ1) is 14.1. The first-order valence-corrected chi connectivity index (χ1v) is 9.31. The topological polar surface area (TPSA) is 175 Å². The van der Waals surface area contributed by atoms with Crippen LogP contribution in [0.5, 0.6) is 0 Å². The summed E-state index contributed by atoms with van der Waals surface area (Å²) in [5.41, 5.74) is 6.68. The van der Waals surface area contributed by atoms with E-state index in [-0.39, 0.29) is 30.7 Å². The molecule has 1 aromatic rings. The van der Waals surface area contributed by atoms with E-state index in [0.29, 0.717) is 30.8 Å². The van der Waals surface area contributed by atoms with Gasteiger partial charge in [-0.2, -0.15) is 0 Å². The van der Waals surface area contributed by atoms with Crippen molar-refractivity contribution < 1.29 is 29.0 Å². The average molecular weight is 421 g/mol. The lowest BCUT2D eigenvalue weighted by Crippen LogP contribution is -2.46. The van der Waals surface area contributed by atoms with Crippen LogP contribution in [-0.4, -0.2) is 60.6 Å². The molecule has 2 rings (SSSR count). The molecular weight excluding hydrogens is 394 g/mol. The minimum Gasteiger partial charge on any atom is -0.481 e. The van der Waals surface area contributed by atoms with Gasteiger partial charge in [0.2, 0.25) is 5.91 Å². The summed E-state index contributed by atoms with van der Waals surface area (Å²) >= 11 is 0. The van der Waals surface area contributed by atoms with Gasteiger partial charge in [-0.05, 0) is 37.6 Å². The fourth-order valence-electron chi connectivity index (χ4n) is 2.61. The Kier molecular flexibility index (Phi) is 9.80. The largest absolute Gasteiger partial charge is 0.481 e. The van der Waals surface area contributed by atoms with E-state index in [0.717, 1.165) is 6.92 Å². The highest BCUT2D eigenvalue weighted by Gasteiger charge is 2.33. The van der Waals surface area contributed by atoms with Crippen LogP contribution in [0.4, 0.5) is 10.5 Å². The first-order valence-electron chi connectivity index (χ1n) is 9.31. The van der Waals surface area contributed by atoms with Gasteiger partial charge in [-0.25, -0.2) is 4.79 Å². The summed E-state index contributed by atoms with van der Waals surface area (Å²) in [5.74, 6) is -1.46. The van der Waals surface area contributed by atoms with Gasteiger partial charge in [0.25, 0.3) is 5.97 Å². The van der Waals surface area contributed by atoms with E-state index in [9.17, 15) is 14.4 Å². The molecule has 0 spiro atoms. The number of nitrogens with two attached hydrogens (primary N) is 1. The number of esters is 1. The van der Waals surface area contributed by atoms with Crippen molar-refractivity contribution in [3.8, 4) is 0 Å². The fourth-order valence-corrected chi connectivity index (χ4v) is 2.61. The number of nitrogens with one attached hydrogen (secondary N) is 3. The number of benzene rings is 1. The highest BCUT2D eigenvalue weighted by molar-refractivity contribution is 6.02. The highest BCUT2D eigenvalue weighted by atomic mass is 16.5. The zero-order valence-electron chi connectivity index (χ0n) is 16.9. The molecule has 11 nitrogen and oxygen atoms in total. The number of nitrogen functional groups attached to an aromatic ring is 1. The summed E-state index contributed by atoms with van der Waals surface area (Å²) in [6.07, 6.45) is 0.563. The van der Waals surface area contributed by atoms with Crippen LogP contribution in [0.2, 0.25) is 0 Å². The Balaban J connectivity index is 0.00000103. The number of aliphatic carboxylic acids is 1. The maximum absolute atomic E-state index is 12.5. The monoisotopic (exact) mass is 421 g/mol. The van der Waals surface area contributed by atoms with Gasteiger partial charge >= 0.3 is 12.0 Å². The number of hydrogen-bond acceptors (Lipinski definition) is 6. The Labute approximate surface area is 174 Å². The van der Waals surface area contributed by atoms with Crippen molar-refractivity contribution in [2.24, 2.45) is 5.73 Å². The Morgan fingerprint density at radius 3 is 2.43 bits per heavy atom. The molecule has 30 heavy (non-hydrogen) atoms. The Hall–Kier alpha value is -3.63. The highest BCUT2D eigenvalue weighted by Crippen LogP contribution is 2.22. The first kappa shape index (κ1) is 24.4. The van der Waals surface area contributed by atoms with Crippen LogP contribution in [0.15, 0.2) is 24.3 Å². The summed E-state index contributed by atoms with van der Waals surface area (Å²) < 4.78 is 4.77. The number of carboxylic acids is 1. The Morgan fingerprint density at radius 2 is 1.90 bits per heavy atom. The van der Waals surface area contributed by atoms with Crippen molar-refractivity contribution >= 4 is 35.4 Å². The molecule has 11 heteroatoms. The molecule has 0 bridgehead atoms. The van der Waals surface area contributed by atoms with E-state index < -0.39 is 18.0 Å². The lowest BCUT2D eigenvalue weighted by Gasteiger charge is -2.17. The molecule has 1 aliphatic rings. The van der Waals surface area contributed by atoms with Gasteiger partial charge in [0.1, 0.15) is 11.9 Å². The van der Waals surface area contributed by atoms with Crippen molar-refractivity contribution in [1.82, 2.24) is 10.6 Å². The smallest absolute Gasteiger partial charge is 0.315 e. The number of hydrogen-bond donors (Lipinski definition) is 5. The number of urea groups is 1. The minimum atomic E-state index is -0.833. The van der Waals surface area contributed by atoms with Crippen LogP contribution in [0, 0.1) is 5.41 Å². The molecule has 0 aromatic heterocycles. The summed E-state index contributed by atoms with van der Waals surface area (Å²) in [4.78, 5) is 46.1. The molecule has 0 aliphatic carbocycles. The van der Waals surface area contributed by atoms with Crippen LogP contribution in [0.1, 0.15) is 32.3 Å². The third kappa shape index (κ3) is 8.17. The van der Waals surface area contributed by atoms with Crippen LogP contribution in [0.25, 0.3) is 0 Å². The van der Waals surface area contributed by atoms with E-state index in [1.165, 1.54) is 0 Å². The number of ether oxygens (including phenoxy) is 1. The maximum Gasteiger partial charge on any atom is 0.315 e. The van der Waals surface area contributed by atoms with Crippen LogP contribution in [-0.2, 0) is 19.1 Å². The minimum absolute atomic E-state index is 0.0386. The molecule has 1 atom stereocenters. The van der Waals surface area contributed by atoms with Crippen molar-refractivity contribution in [3.05, 3.63) is 29.8 Å². The fraction of sp³-hybridized carbons (Fsp3) is 0.421. The standard InChI is InChI=1S/C17H23N5O4.C2H4O2/c1-2-26-14(23)7-9-20-17(25)21-13-8-10-22(16(13)24)12-5-3-11(4-6-12)15(18)19;1-2(3)4/h3-6,13H,2,7-10H2,1H3,(H3,18,19)(H2,20,21,25);1H3,(H,3,4). The second-order valence-corrected chi connectivity index (χ2v) is 6.27. The van der Waals surface area contributed by atoms with Gasteiger partial charge < -0.3 is 31.1 Å². The second-order valence-electron chi connectivity index (χ2n) is 6.27. The summed E-state index contributed by atoms with van der Waals surface area (Å²) in [6.45, 7) is 3.71. The van der Waals surface area contributed by atoms with Gasteiger partial charge in [0, 0.05) is 31.3 Å². The zero-order chi connectivity index (χ0) is 22.7. The molecule has 1 unspecified atom stereocenters. The van der Waals surface area contributed by atoms with Crippen molar-refractivity contribution in [1.29, 1.82) is 5.41 Å². The number of carbonyl (C=O) groups excluding carboxylic acids is 3. The predicted octanol–water partition coefficient (Wildman–Crippen LogP) is 0.419. The van der Waals surface area contributed by atoms with Crippen molar-refractivity contribution in [3.63, 3.8) is 0 Å². The van der Waals surface area contributed by atoms with E-state index >= 15 is 0 Å². The average Bonchev–Trinajstić information content (AvgIpc) is 3.02. The summed E-state index contributed by atoms with van der Waals surface area (Å²) in [7, 11) is 0. The van der Waals surface area contributed by atoms with Crippen LogP contribution in [0.3, 0.4) is 0 Å². The summed E-state index contributed by atoms with van der Waals surface area (Å²) in [5, 5.41) is 20.0. The molecule has 1 heterocycles. The van der Waals surface area contributed by atoms with E-state index in [1.807, 2.05) is 0 Å². The van der Waals surface area contributed by atoms with E-state index in [4.69, 9.17) is 25.8 Å². The maximum atomic E-state index is 12.5. The SMILES string of the molecule is CC(=O)O.CCOC(=O)CCNC(=O)NC1CCN(c2ccc(C(=N)N)cc2)C1=O. The molecule has 1 aromatic carbocycles. The molecule has 1 fully saturated rings. The molecule has 1 saturated heterocycles. The molecule has 0 radical (unpaired) electrons. The molecule has 6 N–H and O–H groups in total. The van der Waals surface area contributed by atoms with Crippen molar-refractivity contribution in [2.45, 2.75) is 32.7 Å². The number of amidine groups is 1. The zero-order valence-corrected chi connectivity index (χ0v) is 16.9. The molecule has 3 amide bonds. The van der Waals surface area contributed by atoms with Crippen LogP contribution >= 0.6 is 0 Å². The lowest BCUT2D eigenvalue weighted by molar-refractivity contribution is -0.143. The van der Waals surface area contributed by atoms with Gasteiger partial charge in [0.05, 0.1) is 13.0 Å². The van der Waals surface area contributed by atoms with Gasteiger partial charge in [-0.1, -0.05) is 0 Å². The molecular formula is C19H27N5O6. The van der Waals surface area contributed by atoms with Gasteiger partial charge in [0.15, 0.2) is 0 Å². The van der Waals surface area contributed by atoms with Gasteiger partial charge in [-0.3, -0.25) is 19.8 Å². The van der Waals surface area contributed by atoms with Crippen molar-refractivity contribution in [2.75, 3.05) is 24.6 Å². The Bertz CT molecular complexity index is 776. The number of carboxylic acid groups (broad SMARTS) is 1. The third-order valence-corrected chi connectivity index (χ3v) is 3.92. The van der Waals surface area contributed by atoms with Crippen LogP contribution < -0.4 is 21.3 Å².